The Bertz CT molecular complexity index is 217. The first kappa shape index (κ1) is 12.6. The molecule has 0 unspecified atom stereocenters. The quantitative estimate of drug-likeness (QED) is 0.444. The van der Waals surface area contributed by atoms with Gasteiger partial charge in [-0.25, -0.2) is 0 Å². The van der Waals surface area contributed by atoms with Gasteiger partial charge in [-0.15, -0.1) is 0 Å². The minimum absolute atomic E-state index is 0.0656. The summed E-state index contributed by atoms with van der Waals surface area (Å²) in [5.41, 5.74) is 0. The van der Waals surface area contributed by atoms with Crippen molar-refractivity contribution in [2.75, 3.05) is 7.11 Å². The Balaban J connectivity index is 3.60. The number of halogens is 1. The molecule has 0 fully saturated rings. The van der Waals surface area contributed by atoms with Gasteiger partial charge in [0.05, 0.1) is 7.11 Å². The molecule has 0 spiro atoms. The summed E-state index contributed by atoms with van der Waals surface area (Å²) >= 11 is 2.08. The monoisotopic (exact) mass is 296 g/mol. The van der Waals surface area contributed by atoms with E-state index in [1.54, 1.807) is 6.08 Å². The average Bonchev–Trinajstić information content (AvgIpc) is 2.02. The number of rotatable bonds is 5. The van der Waals surface area contributed by atoms with Crippen molar-refractivity contribution < 1.29 is 14.3 Å². The van der Waals surface area contributed by atoms with Gasteiger partial charge in [-0.05, 0) is 45.6 Å². The van der Waals surface area contributed by atoms with Crippen LogP contribution in [0.2, 0.25) is 0 Å². The highest BCUT2D eigenvalue weighted by Gasteiger charge is 2.02. The van der Waals surface area contributed by atoms with Crippen LogP contribution in [0.4, 0.5) is 0 Å². The van der Waals surface area contributed by atoms with Gasteiger partial charge in [0.25, 0.3) is 0 Å². The van der Waals surface area contributed by atoms with Crippen molar-refractivity contribution in [3.05, 3.63) is 9.66 Å². The highest BCUT2D eigenvalue weighted by atomic mass is 127. The van der Waals surface area contributed by atoms with Crippen LogP contribution in [0.5, 0.6) is 0 Å². The maximum absolute atomic E-state index is 11.1. The third kappa shape index (κ3) is 7.95. The number of hydrogen-bond donors (Lipinski definition) is 0. The van der Waals surface area contributed by atoms with Crippen LogP contribution in [-0.4, -0.2) is 18.9 Å². The van der Waals surface area contributed by atoms with Crippen molar-refractivity contribution in [2.45, 2.75) is 26.2 Å². The molecule has 13 heavy (non-hydrogen) atoms. The van der Waals surface area contributed by atoms with Crippen LogP contribution in [0, 0.1) is 0 Å². The zero-order valence-electron chi connectivity index (χ0n) is 7.80. The molecule has 0 bridgehead atoms. The number of ether oxygens (including phenoxy) is 1. The lowest BCUT2D eigenvalue weighted by Gasteiger charge is -1.96. The van der Waals surface area contributed by atoms with Gasteiger partial charge in [0.1, 0.15) is 0 Å². The first-order valence-electron chi connectivity index (χ1n) is 3.99. The van der Waals surface area contributed by atoms with Gasteiger partial charge in [0.2, 0.25) is 0 Å². The van der Waals surface area contributed by atoms with Crippen LogP contribution in [0.3, 0.4) is 0 Å². The predicted molar refractivity (Wildman–Crippen MR) is 58.7 cm³/mol. The van der Waals surface area contributed by atoms with Crippen LogP contribution in [-0.2, 0) is 14.3 Å². The van der Waals surface area contributed by atoms with Gasteiger partial charge in [0.15, 0.2) is 5.78 Å². The lowest BCUT2D eigenvalue weighted by molar-refractivity contribution is -0.140. The molecule has 0 saturated heterocycles. The first-order valence-corrected chi connectivity index (χ1v) is 5.07. The standard InChI is InChI=1S/C9H13IO3/c1-7(10)6-8(11)4-3-5-9(12)13-2/h6H,3-5H2,1-2H3/b7-6-. The second kappa shape index (κ2) is 7.06. The summed E-state index contributed by atoms with van der Waals surface area (Å²) < 4.78 is 5.40. The van der Waals surface area contributed by atoms with Gasteiger partial charge in [-0.3, -0.25) is 9.59 Å². The molecule has 0 aliphatic rings. The molecule has 0 N–H and O–H groups in total. The fourth-order valence-corrected chi connectivity index (χ4v) is 1.15. The number of ketones is 1. The summed E-state index contributed by atoms with van der Waals surface area (Å²) in [4.78, 5) is 21.8. The number of carbonyl (C=O) groups is 2. The van der Waals surface area contributed by atoms with Crippen LogP contribution in [0.1, 0.15) is 26.2 Å². The molecule has 0 aromatic heterocycles. The summed E-state index contributed by atoms with van der Waals surface area (Å²) in [6, 6.07) is 0. The molecular formula is C9H13IO3. The highest BCUT2D eigenvalue weighted by molar-refractivity contribution is 14.1. The number of hydrogen-bond acceptors (Lipinski definition) is 3. The van der Waals surface area contributed by atoms with E-state index in [1.807, 2.05) is 6.92 Å². The average molecular weight is 296 g/mol. The lowest BCUT2D eigenvalue weighted by Crippen LogP contribution is -2.01. The number of esters is 1. The van der Waals surface area contributed by atoms with Crippen molar-refractivity contribution >= 4 is 34.3 Å². The van der Waals surface area contributed by atoms with Crippen LogP contribution in [0.25, 0.3) is 0 Å². The molecule has 0 aliphatic carbocycles. The maximum Gasteiger partial charge on any atom is 0.305 e. The van der Waals surface area contributed by atoms with Crippen molar-refractivity contribution in [1.82, 2.24) is 0 Å². The maximum atomic E-state index is 11.1. The smallest absolute Gasteiger partial charge is 0.305 e. The molecule has 0 rings (SSSR count). The van der Waals surface area contributed by atoms with E-state index in [0.29, 0.717) is 19.3 Å². The number of carbonyl (C=O) groups excluding carboxylic acids is 2. The van der Waals surface area contributed by atoms with E-state index < -0.39 is 0 Å². The van der Waals surface area contributed by atoms with E-state index in [4.69, 9.17) is 0 Å². The van der Waals surface area contributed by atoms with Gasteiger partial charge < -0.3 is 4.74 Å². The molecule has 0 radical (unpaired) electrons. The summed E-state index contributed by atoms with van der Waals surface area (Å²) in [5.74, 6) is -0.196. The van der Waals surface area contributed by atoms with Crippen molar-refractivity contribution in [3.8, 4) is 0 Å². The Morgan fingerprint density at radius 2 is 2.00 bits per heavy atom. The number of allylic oxidation sites excluding steroid dienone is 2. The number of methoxy groups -OCH3 is 1. The fourth-order valence-electron chi connectivity index (χ4n) is 0.803. The second-order valence-electron chi connectivity index (χ2n) is 2.63. The van der Waals surface area contributed by atoms with Crippen LogP contribution in [0.15, 0.2) is 9.66 Å². The normalized spacial score (nSPS) is 11.2. The first-order chi connectivity index (χ1) is 6.06. The molecule has 74 valence electrons. The Kier molecular flexibility index (Phi) is 6.84. The second-order valence-corrected chi connectivity index (χ2v) is 4.33. The van der Waals surface area contributed by atoms with Gasteiger partial charge in [-0.2, -0.15) is 0 Å². The van der Waals surface area contributed by atoms with E-state index >= 15 is 0 Å². The fraction of sp³-hybridized carbons (Fsp3) is 0.556. The molecule has 0 amide bonds. The lowest BCUT2D eigenvalue weighted by atomic mass is 10.2. The molecule has 0 aliphatic heterocycles. The van der Waals surface area contributed by atoms with Crippen molar-refractivity contribution in [1.29, 1.82) is 0 Å². The Labute approximate surface area is 91.7 Å². The zero-order chi connectivity index (χ0) is 10.3. The van der Waals surface area contributed by atoms with Gasteiger partial charge in [-0.1, -0.05) is 0 Å². The molecule has 4 heteroatoms. The molecule has 0 aromatic carbocycles. The minimum Gasteiger partial charge on any atom is -0.469 e. The Morgan fingerprint density at radius 1 is 1.38 bits per heavy atom. The van der Waals surface area contributed by atoms with Crippen molar-refractivity contribution in [3.63, 3.8) is 0 Å². The molecular weight excluding hydrogens is 283 g/mol. The molecule has 0 aromatic rings. The third-order valence-corrected chi connectivity index (χ3v) is 1.70. The summed E-state index contributed by atoms with van der Waals surface area (Å²) in [7, 11) is 1.35. The van der Waals surface area contributed by atoms with E-state index in [9.17, 15) is 9.59 Å². The molecule has 0 heterocycles. The molecule has 3 nitrogen and oxygen atoms in total. The summed E-state index contributed by atoms with van der Waals surface area (Å²) in [6.45, 7) is 1.86. The summed E-state index contributed by atoms with van der Waals surface area (Å²) in [6.07, 6.45) is 2.87. The van der Waals surface area contributed by atoms with E-state index in [0.717, 1.165) is 3.58 Å². The summed E-state index contributed by atoms with van der Waals surface area (Å²) in [5, 5.41) is 0. The van der Waals surface area contributed by atoms with Crippen molar-refractivity contribution in [2.24, 2.45) is 0 Å². The van der Waals surface area contributed by atoms with E-state index in [2.05, 4.69) is 27.3 Å². The van der Waals surface area contributed by atoms with Crippen LogP contribution >= 0.6 is 22.6 Å². The molecule has 0 saturated carbocycles. The topological polar surface area (TPSA) is 43.4 Å². The third-order valence-electron chi connectivity index (χ3n) is 1.39. The predicted octanol–water partition coefficient (Wildman–Crippen LogP) is 2.24. The van der Waals surface area contributed by atoms with Crippen LogP contribution < -0.4 is 0 Å². The largest absolute Gasteiger partial charge is 0.469 e. The van der Waals surface area contributed by atoms with Gasteiger partial charge in [0, 0.05) is 12.8 Å². The van der Waals surface area contributed by atoms with E-state index in [-0.39, 0.29) is 11.8 Å². The van der Waals surface area contributed by atoms with E-state index in [1.165, 1.54) is 7.11 Å². The van der Waals surface area contributed by atoms with Gasteiger partial charge >= 0.3 is 5.97 Å². The molecule has 0 atom stereocenters. The SMILES string of the molecule is COC(=O)CCCC(=O)/C=C(/C)I. The Hall–Kier alpha value is -0.390. The zero-order valence-corrected chi connectivity index (χ0v) is 9.96. The minimum atomic E-state index is -0.261. The highest BCUT2D eigenvalue weighted by Crippen LogP contribution is 2.06. The Morgan fingerprint density at radius 3 is 2.46 bits per heavy atom.